The van der Waals surface area contributed by atoms with Crippen LogP contribution < -0.4 is 5.73 Å². The van der Waals surface area contributed by atoms with Crippen LogP contribution in [0, 0.1) is 6.92 Å². The van der Waals surface area contributed by atoms with Crippen LogP contribution in [0.4, 0.5) is 5.00 Å². The van der Waals surface area contributed by atoms with Crippen LogP contribution in [0.15, 0.2) is 0 Å². The normalized spacial score (nSPS) is 11.6. The summed E-state index contributed by atoms with van der Waals surface area (Å²) in [5.41, 5.74) is 6.87. The van der Waals surface area contributed by atoms with Crippen LogP contribution in [0.5, 0.6) is 0 Å². The van der Waals surface area contributed by atoms with Crippen LogP contribution in [0.3, 0.4) is 0 Å². The van der Waals surface area contributed by atoms with E-state index in [-0.39, 0.29) is 5.97 Å². The zero-order valence-electron chi connectivity index (χ0n) is 10.5. The molecule has 1 aromatic heterocycles. The Kier molecular flexibility index (Phi) is 3.63. The van der Waals surface area contributed by atoms with Crippen LogP contribution in [-0.2, 0) is 11.2 Å². The third-order valence-electron chi connectivity index (χ3n) is 2.20. The molecule has 0 saturated heterocycles. The second kappa shape index (κ2) is 4.45. The third-order valence-corrected chi connectivity index (χ3v) is 3.46. The van der Waals surface area contributed by atoms with Gasteiger partial charge in [0.15, 0.2) is 0 Å². The molecule has 0 saturated carbocycles. The molecule has 0 spiro atoms. The third kappa shape index (κ3) is 2.76. The van der Waals surface area contributed by atoms with Gasteiger partial charge in [-0.2, -0.15) is 0 Å². The number of hydrogen-bond donors (Lipinski definition) is 1. The van der Waals surface area contributed by atoms with Crippen LogP contribution in [0.1, 0.15) is 48.5 Å². The van der Waals surface area contributed by atoms with Gasteiger partial charge in [0, 0.05) is 4.88 Å². The highest BCUT2D eigenvalue weighted by atomic mass is 32.1. The molecule has 3 nitrogen and oxygen atoms in total. The molecule has 0 radical (unpaired) electrons. The minimum absolute atomic E-state index is 0.321. The lowest BCUT2D eigenvalue weighted by Crippen LogP contribution is -2.24. The first-order valence-electron chi connectivity index (χ1n) is 5.37. The fourth-order valence-corrected chi connectivity index (χ4v) is 2.51. The maximum Gasteiger partial charge on any atom is 0.341 e. The Morgan fingerprint density at radius 3 is 2.38 bits per heavy atom. The minimum atomic E-state index is -0.482. The Morgan fingerprint density at radius 1 is 1.44 bits per heavy atom. The van der Waals surface area contributed by atoms with E-state index in [1.165, 1.54) is 11.3 Å². The van der Waals surface area contributed by atoms with Crippen molar-refractivity contribution in [3.63, 3.8) is 0 Å². The van der Waals surface area contributed by atoms with Crippen molar-refractivity contribution in [1.82, 2.24) is 0 Å². The molecule has 0 bridgehead atoms. The topological polar surface area (TPSA) is 52.3 Å². The fourth-order valence-electron chi connectivity index (χ4n) is 1.50. The number of ether oxygens (including phenoxy) is 1. The molecule has 0 amide bonds. The summed E-state index contributed by atoms with van der Waals surface area (Å²) in [6.45, 7) is 9.53. The smallest absolute Gasteiger partial charge is 0.341 e. The van der Waals surface area contributed by atoms with Crippen LogP contribution in [-0.4, -0.2) is 11.6 Å². The summed E-state index contributed by atoms with van der Waals surface area (Å²) in [5, 5.41) is 0.559. The average Bonchev–Trinajstić information content (AvgIpc) is 2.38. The van der Waals surface area contributed by atoms with Crippen LogP contribution >= 0.6 is 11.3 Å². The van der Waals surface area contributed by atoms with E-state index in [1.54, 1.807) is 0 Å². The van der Waals surface area contributed by atoms with Gasteiger partial charge in [0.1, 0.15) is 10.6 Å². The van der Waals surface area contributed by atoms with Gasteiger partial charge in [0.2, 0.25) is 0 Å². The van der Waals surface area contributed by atoms with Crippen molar-refractivity contribution in [2.75, 3.05) is 5.73 Å². The predicted molar refractivity (Wildman–Crippen MR) is 68.0 cm³/mol. The Bertz CT molecular complexity index is 402. The van der Waals surface area contributed by atoms with E-state index >= 15 is 0 Å². The second-order valence-electron chi connectivity index (χ2n) is 4.74. The zero-order chi connectivity index (χ0) is 12.5. The molecule has 90 valence electrons. The molecule has 0 atom stereocenters. The number of rotatable bonds is 2. The molecule has 2 N–H and O–H groups in total. The number of hydrogen-bond acceptors (Lipinski definition) is 4. The van der Waals surface area contributed by atoms with E-state index < -0.39 is 5.60 Å². The van der Waals surface area contributed by atoms with E-state index in [9.17, 15) is 4.79 Å². The molecule has 1 rings (SSSR count). The van der Waals surface area contributed by atoms with Gasteiger partial charge in [0.05, 0.1) is 5.56 Å². The second-order valence-corrected chi connectivity index (χ2v) is 5.88. The van der Waals surface area contributed by atoms with Crippen molar-refractivity contribution < 1.29 is 9.53 Å². The highest BCUT2D eigenvalue weighted by Gasteiger charge is 2.24. The number of nitrogen functional groups attached to an aromatic ring is 1. The van der Waals surface area contributed by atoms with Crippen molar-refractivity contribution in [3.05, 3.63) is 16.0 Å². The molecule has 0 aliphatic heterocycles. The van der Waals surface area contributed by atoms with Gasteiger partial charge in [-0.05, 0) is 39.7 Å². The number of aryl methyl sites for hydroxylation is 1. The molecule has 0 aliphatic rings. The summed E-state index contributed by atoms with van der Waals surface area (Å²) >= 11 is 1.47. The molecule has 0 fully saturated rings. The van der Waals surface area contributed by atoms with E-state index in [2.05, 4.69) is 6.92 Å². The standard InChI is InChI=1S/C12H19NO2S/c1-6-8-7(2)9(10(13)16-8)11(14)15-12(3,4)5/h6,13H2,1-5H3. The molecule has 0 unspecified atom stereocenters. The number of thiophene rings is 1. The van der Waals surface area contributed by atoms with Gasteiger partial charge in [-0.3, -0.25) is 0 Å². The number of anilines is 1. The Morgan fingerprint density at radius 2 is 2.00 bits per heavy atom. The lowest BCUT2D eigenvalue weighted by Gasteiger charge is -2.19. The first kappa shape index (κ1) is 13.0. The fraction of sp³-hybridized carbons (Fsp3) is 0.583. The van der Waals surface area contributed by atoms with Gasteiger partial charge >= 0.3 is 5.97 Å². The summed E-state index contributed by atoms with van der Waals surface area (Å²) in [6, 6.07) is 0. The van der Waals surface area contributed by atoms with Crippen LogP contribution in [0.2, 0.25) is 0 Å². The Labute approximate surface area is 101 Å². The maximum atomic E-state index is 11.9. The van der Waals surface area contributed by atoms with E-state index in [0.29, 0.717) is 10.6 Å². The van der Waals surface area contributed by atoms with Gasteiger partial charge in [-0.1, -0.05) is 6.92 Å². The number of carbonyl (C=O) groups is 1. The predicted octanol–water partition coefficient (Wildman–Crippen LogP) is 3.16. The zero-order valence-corrected chi connectivity index (χ0v) is 11.3. The maximum absolute atomic E-state index is 11.9. The number of esters is 1. The van der Waals surface area contributed by atoms with Gasteiger partial charge in [-0.15, -0.1) is 11.3 Å². The first-order chi connectivity index (χ1) is 7.26. The Balaban J connectivity index is 3.04. The van der Waals surface area contributed by atoms with Crippen molar-refractivity contribution >= 4 is 22.3 Å². The van der Waals surface area contributed by atoms with Crippen LogP contribution in [0.25, 0.3) is 0 Å². The quantitative estimate of drug-likeness (QED) is 0.809. The number of carbonyl (C=O) groups excluding carboxylic acids is 1. The van der Waals surface area contributed by atoms with Crippen molar-refractivity contribution in [1.29, 1.82) is 0 Å². The van der Waals surface area contributed by atoms with Gasteiger partial charge in [0.25, 0.3) is 0 Å². The largest absolute Gasteiger partial charge is 0.456 e. The lowest BCUT2D eigenvalue weighted by molar-refractivity contribution is 0.00705. The number of nitrogens with two attached hydrogens (primary N) is 1. The highest BCUT2D eigenvalue weighted by molar-refractivity contribution is 7.16. The SMILES string of the molecule is CCc1sc(N)c(C(=O)OC(C)(C)C)c1C. The minimum Gasteiger partial charge on any atom is -0.456 e. The Hall–Kier alpha value is -1.03. The monoisotopic (exact) mass is 241 g/mol. The van der Waals surface area contributed by atoms with E-state index in [4.69, 9.17) is 10.5 Å². The molecular formula is C12H19NO2S. The summed E-state index contributed by atoms with van der Waals surface area (Å²) < 4.78 is 5.33. The molecule has 4 heteroatoms. The molecular weight excluding hydrogens is 222 g/mol. The summed E-state index contributed by atoms with van der Waals surface area (Å²) in [4.78, 5) is 13.1. The molecule has 0 aromatic carbocycles. The van der Waals surface area contributed by atoms with Gasteiger partial charge in [-0.25, -0.2) is 4.79 Å². The van der Waals surface area contributed by atoms with Gasteiger partial charge < -0.3 is 10.5 Å². The van der Waals surface area contributed by atoms with Crippen molar-refractivity contribution in [2.24, 2.45) is 0 Å². The molecule has 0 aliphatic carbocycles. The highest BCUT2D eigenvalue weighted by Crippen LogP contribution is 2.32. The van der Waals surface area contributed by atoms with Crippen molar-refractivity contribution in [3.8, 4) is 0 Å². The van der Waals surface area contributed by atoms with E-state index in [1.807, 2.05) is 27.7 Å². The molecule has 1 aromatic rings. The average molecular weight is 241 g/mol. The van der Waals surface area contributed by atoms with E-state index in [0.717, 1.165) is 16.9 Å². The molecule has 16 heavy (non-hydrogen) atoms. The van der Waals surface area contributed by atoms with Crippen molar-refractivity contribution in [2.45, 2.75) is 46.6 Å². The summed E-state index contributed by atoms with van der Waals surface area (Å²) in [6.07, 6.45) is 0.892. The first-order valence-corrected chi connectivity index (χ1v) is 6.19. The lowest BCUT2D eigenvalue weighted by atomic mass is 10.1. The summed E-state index contributed by atoms with van der Waals surface area (Å²) in [7, 11) is 0. The summed E-state index contributed by atoms with van der Waals surface area (Å²) in [5.74, 6) is -0.321. The molecule has 1 heterocycles.